The fourth-order valence-electron chi connectivity index (χ4n) is 3.81. The molecule has 4 rings (SSSR count). The summed E-state index contributed by atoms with van der Waals surface area (Å²) in [5, 5.41) is 12.4. The molecule has 1 heterocycles. The maximum absolute atomic E-state index is 12.1. The van der Waals surface area contributed by atoms with Crippen molar-refractivity contribution in [3.8, 4) is 5.75 Å². The van der Waals surface area contributed by atoms with E-state index in [1.807, 2.05) is 30.3 Å². The van der Waals surface area contributed by atoms with Crippen LogP contribution in [-0.2, 0) is 16.1 Å². The van der Waals surface area contributed by atoms with Gasteiger partial charge in [0.25, 0.3) is 5.91 Å². The number of rotatable bonds is 7. The van der Waals surface area contributed by atoms with E-state index in [1.54, 1.807) is 12.1 Å². The van der Waals surface area contributed by atoms with Crippen LogP contribution in [0.4, 0.5) is 11.4 Å². The van der Waals surface area contributed by atoms with Gasteiger partial charge in [0.2, 0.25) is 0 Å². The molecule has 0 aliphatic carbocycles. The van der Waals surface area contributed by atoms with Crippen LogP contribution in [0.1, 0.15) is 15.9 Å². The van der Waals surface area contributed by atoms with Crippen molar-refractivity contribution in [1.82, 2.24) is 4.90 Å². The molecular weight excluding hydrogens is 418 g/mol. The van der Waals surface area contributed by atoms with Gasteiger partial charge >= 0.3 is 5.97 Å². The molecular formula is C26H27N3O4. The van der Waals surface area contributed by atoms with E-state index in [-0.39, 0.29) is 11.3 Å². The highest BCUT2D eigenvalue weighted by atomic mass is 16.5. The zero-order valence-corrected chi connectivity index (χ0v) is 18.3. The predicted octanol–water partition coefficient (Wildman–Crippen LogP) is 3.51. The van der Waals surface area contributed by atoms with Crippen molar-refractivity contribution >= 4 is 23.3 Å². The van der Waals surface area contributed by atoms with Crippen LogP contribution in [0.15, 0.2) is 78.9 Å². The average Bonchev–Trinajstić information content (AvgIpc) is 2.84. The number of nitrogens with zero attached hydrogens (tertiary/aromatic N) is 2. The lowest BCUT2D eigenvalue weighted by Crippen LogP contribution is -2.45. The van der Waals surface area contributed by atoms with Crippen molar-refractivity contribution in [3.05, 3.63) is 90.0 Å². The first-order chi connectivity index (χ1) is 16.1. The minimum atomic E-state index is -0.745. The van der Waals surface area contributed by atoms with Gasteiger partial charge in [0.05, 0.1) is 0 Å². The van der Waals surface area contributed by atoms with Gasteiger partial charge in [0.15, 0.2) is 6.61 Å². The number of hydrogen-bond donors (Lipinski definition) is 2. The number of para-hydroxylation sites is 1. The molecule has 33 heavy (non-hydrogen) atoms. The van der Waals surface area contributed by atoms with E-state index < -0.39 is 18.5 Å². The van der Waals surface area contributed by atoms with Crippen molar-refractivity contribution in [2.75, 3.05) is 43.0 Å². The van der Waals surface area contributed by atoms with Gasteiger partial charge in [-0.25, -0.2) is 4.79 Å². The van der Waals surface area contributed by atoms with Gasteiger partial charge in [0.1, 0.15) is 11.3 Å². The molecule has 0 radical (unpaired) electrons. The van der Waals surface area contributed by atoms with E-state index in [4.69, 9.17) is 4.74 Å². The van der Waals surface area contributed by atoms with Crippen LogP contribution in [-0.4, -0.2) is 54.7 Å². The fourth-order valence-corrected chi connectivity index (χ4v) is 3.81. The minimum absolute atomic E-state index is 0.0264. The zero-order valence-electron chi connectivity index (χ0n) is 18.3. The quantitative estimate of drug-likeness (QED) is 0.542. The highest BCUT2D eigenvalue weighted by Gasteiger charge is 2.18. The molecule has 1 fully saturated rings. The molecule has 0 spiro atoms. The molecule has 0 bridgehead atoms. The number of carbonyl (C=O) groups excluding carboxylic acids is 2. The number of phenolic OH excluding ortho intramolecular Hbond substituents is 1. The molecule has 170 valence electrons. The predicted molar refractivity (Wildman–Crippen MR) is 127 cm³/mol. The number of anilines is 2. The maximum Gasteiger partial charge on any atom is 0.342 e. The summed E-state index contributed by atoms with van der Waals surface area (Å²) in [7, 11) is 0. The number of hydrogen-bond acceptors (Lipinski definition) is 6. The summed E-state index contributed by atoms with van der Waals surface area (Å²) >= 11 is 0. The van der Waals surface area contributed by atoms with E-state index in [0.29, 0.717) is 5.69 Å². The minimum Gasteiger partial charge on any atom is -0.507 e. The Labute approximate surface area is 193 Å². The molecule has 0 atom stereocenters. The summed E-state index contributed by atoms with van der Waals surface area (Å²) in [4.78, 5) is 28.9. The van der Waals surface area contributed by atoms with Crippen molar-refractivity contribution in [3.63, 3.8) is 0 Å². The third kappa shape index (κ3) is 6.11. The SMILES string of the molecule is O=C(COC(=O)c1ccccc1O)Nc1ccc(N2CCN(Cc3ccccc3)CC2)cc1. The summed E-state index contributed by atoms with van der Waals surface area (Å²) in [6.45, 7) is 4.42. The summed E-state index contributed by atoms with van der Waals surface area (Å²) in [6, 6.07) is 24.2. The van der Waals surface area contributed by atoms with E-state index >= 15 is 0 Å². The van der Waals surface area contributed by atoms with Gasteiger partial charge in [-0.3, -0.25) is 9.69 Å². The van der Waals surface area contributed by atoms with Crippen LogP contribution in [0.2, 0.25) is 0 Å². The van der Waals surface area contributed by atoms with Crippen molar-refractivity contribution in [1.29, 1.82) is 0 Å². The Morgan fingerprint density at radius 1 is 0.848 bits per heavy atom. The Bertz CT molecular complexity index is 1080. The fraction of sp³-hybridized carbons (Fsp3) is 0.231. The number of esters is 1. The van der Waals surface area contributed by atoms with Crippen LogP contribution >= 0.6 is 0 Å². The third-order valence-electron chi connectivity index (χ3n) is 5.60. The van der Waals surface area contributed by atoms with E-state index in [0.717, 1.165) is 38.4 Å². The zero-order chi connectivity index (χ0) is 23.0. The lowest BCUT2D eigenvalue weighted by atomic mass is 10.2. The van der Waals surface area contributed by atoms with Crippen molar-refractivity contribution in [2.45, 2.75) is 6.54 Å². The number of piperazine rings is 1. The van der Waals surface area contributed by atoms with Gasteiger partial charge in [-0.05, 0) is 42.0 Å². The molecule has 1 aliphatic rings. The standard InChI is InChI=1S/C26H27N3O4/c30-24-9-5-4-8-23(24)26(32)33-19-25(31)27-21-10-12-22(13-11-21)29-16-14-28(15-17-29)18-20-6-2-1-3-7-20/h1-13,30H,14-19H2,(H,27,31). The third-order valence-corrected chi connectivity index (χ3v) is 5.60. The Hall–Kier alpha value is -3.84. The first-order valence-electron chi connectivity index (χ1n) is 10.9. The molecule has 7 nitrogen and oxygen atoms in total. The monoisotopic (exact) mass is 445 g/mol. The van der Waals surface area contributed by atoms with E-state index in [1.165, 1.54) is 17.7 Å². The van der Waals surface area contributed by atoms with Crippen molar-refractivity contribution < 1.29 is 19.4 Å². The number of amides is 1. The Kier molecular flexibility index (Phi) is 7.22. The summed E-state index contributed by atoms with van der Waals surface area (Å²) in [5.41, 5.74) is 3.10. The molecule has 0 unspecified atom stereocenters. The average molecular weight is 446 g/mol. The van der Waals surface area contributed by atoms with Gasteiger partial charge in [-0.15, -0.1) is 0 Å². The molecule has 3 aromatic carbocycles. The molecule has 0 aromatic heterocycles. The van der Waals surface area contributed by atoms with Crippen LogP contribution < -0.4 is 10.2 Å². The highest BCUT2D eigenvalue weighted by molar-refractivity contribution is 5.96. The van der Waals surface area contributed by atoms with Crippen LogP contribution in [0.3, 0.4) is 0 Å². The van der Waals surface area contributed by atoms with Gasteiger partial charge in [0, 0.05) is 44.1 Å². The number of aromatic hydroxyl groups is 1. The van der Waals surface area contributed by atoms with E-state index in [9.17, 15) is 14.7 Å². The van der Waals surface area contributed by atoms with Gasteiger partial charge < -0.3 is 20.1 Å². The molecule has 0 saturated carbocycles. The highest BCUT2D eigenvalue weighted by Crippen LogP contribution is 2.20. The van der Waals surface area contributed by atoms with Gasteiger partial charge in [-0.2, -0.15) is 0 Å². The topological polar surface area (TPSA) is 82.1 Å². The van der Waals surface area contributed by atoms with E-state index in [2.05, 4.69) is 39.4 Å². The molecule has 1 amide bonds. The second kappa shape index (κ2) is 10.7. The Morgan fingerprint density at radius 3 is 2.21 bits per heavy atom. The molecule has 7 heteroatoms. The summed E-state index contributed by atoms with van der Waals surface area (Å²) < 4.78 is 4.99. The Morgan fingerprint density at radius 2 is 1.52 bits per heavy atom. The normalized spacial score (nSPS) is 14.0. The Balaban J connectivity index is 1.22. The molecule has 2 N–H and O–H groups in total. The number of ether oxygens (including phenoxy) is 1. The number of benzene rings is 3. The van der Waals surface area contributed by atoms with Crippen molar-refractivity contribution in [2.24, 2.45) is 0 Å². The molecule has 3 aromatic rings. The largest absolute Gasteiger partial charge is 0.507 e. The second-order valence-electron chi connectivity index (χ2n) is 7.94. The first kappa shape index (κ1) is 22.4. The molecule has 1 saturated heterocycles. The molecule has 1 aliphatic heterocycles. The lowest BCUT2D eigenvalue weighted by Gasteiger charge is -2.36. The van der Waals surface area contributed by atoms with Gasteiger partial charge in [-0.1, -0.05) is 42.5 Å². The second-order valence-corrected chi connectivity index (χ2v) is 7.94. The lowest BCUT2D eigenvalue weighted by molar-refractivity contribution is -0.119. The van der Waals surface area contributed by atoms with Crippen LogP contribution in [0, 0.1) is 0 Å². The number of nitrogens with one attached hydrogen (secondary N) is 1. The number of phenols is 1. The van der Waals surface area contributed by atoms with Crippen LogP contribution in [0.25, 0.3) is 0 Å². The number of carbonyl (C=O) groups is 2. The maximum atomic E-state index is 12.1. The smallest absolute Gasteiger partial charge is 0.342 e. The first-order valence-corrected chi connectivity index (χ1v) is 10.9. The summed E-state index contributed by atoms with van der Waals surface area (Å²) in [6.07, 6.45) is 0. The van der Waals surface area contributed by atoms with Crippen LogP contribution in [0.5, 0.6) is 5.75 Å². The summed E-state index contributed by atoms with van der Waals surface area (Å²) in [5.74, 6) is -1.37.